The Balaban J connectivity index is 2.11. The van der Waals surface area contributed by atoms with Gasteiger partial charge in [-0.2, -0.15) is 0 Å². The summed E-state index contributed by atoms with van der Waals surface area (Å²) in [7, 11) is 1.73. The Morgan fingerprint density at radius 2 is 2.21 bits per heavy atom. The standard InChI is InChI=1S/C12H14O2/c1-13-8-2-4-10-6-7-12-11(10)5-3-9-14-12/h3,5-7,9H,2,4,8H2,1H3. The molecule has 2 rings (SSSR count). The second-order valence-electron chi connectivity index (χ2n) is 3.35. The first-order valence-electron chi connectivity index (χ1n) is 4.86. The fourth-order valence-corrected chi connectivity index (χ4v) is 1.68. The van der Waals surface area contributed by atoms with Gasteiger partial charge in [-0.25, -0.2) is 0 Å². The molecule has 0 aromatic rings. The molecule has 0 spiro atoms. The smallest absolute Gasteiger partial charge is 0.134 e. The van der Waals surface area contributed by atoms with Crippen molar-refractivity contribution in [3.63, 3.8) is 0 Å². The van der Waals surface area contributed by atoms with Gasteiger partial charge >= 0.3 is 0 Å². The summed E-state index contributed by atoms with van der Waals surface area (Å²) < 4.78 is 10.4. The quantitative estimate of drug-likeness (QED) is 0.691. The zero-order valence-electron chi connectivity index (χ0n) is 8.32. The van der Waals surface area contributed by atoms with E-state index in [9.17, 15) is 0 Å². The normalized spacial score (nSPS) is 10.9. The Hall–Kier alpha value is -1.28. The van der Waals surface area contributed by atoms with Crippen molar-refractivity contribution in [2.75, 3.05) is 13.7 Å². The van der Waals surface area contributed by atoms with E-state index in [4.69, 9.17) is 9.15 Å². The fraction of sp³-hybridized carbons (Fsp3) is 0.333. The zero-order valence-corrected chi connectivity index (χ0v) is 8.32. The molecular weight excluding hydrogens is 176 g/mol. The summed E-state index contributed by atoms with van der Waals surface area (Å²) in [5.74, 6) is 0.972. The van der Waals surface area contributed by atoms with Crippen LogP contribution in [0.15, 0.2) is 34.9 Å². The molecule has 2 aliphatic rings. The highest BCUT2D eigenvalue weighted by molar-refractivity contribution is 5.65. The molecule has 0 aromatic heterocycles. The van der Waals surface area contributed by atoms with Crippen LogP contribution in [0.5, 0.6) is 0 Å². The van der Waals surface area contributed by atoms with Gasteiger partial charge in [0.2, 0.25) is 0 Å². The molecule has 0 aromatic carbocycles. The van der Waals surface area contributed by atoms with E-state index in [0.29, 0.717) is 0 Å². The van der Waals surface area contributed by atoms with E-state index in [1.807, 2.05) is 12.1 Å². The summed E-state index contributed by atoms with van der Waals surface area (Å²) in [6, 6.07) is 8.18. The number of rotatable bonds is 4. The average molecular weight is 190 g/mol. The van der Waals surface area contributed by atoms with Gasteiger partial charge in [0, 0.05) is 19.3 Å². The predicted molar refractivity (Wildman–Crippen MR) is 55.5 cm³/mol. The predicted octanol–water partition coefficient (Wildman–Crippen LogP) is 2.96. The van der Waals surface area contributed by atoms with Gasteiger partial charge < -0.3 is 9.15 Å². The van der Waals surface area contributed by atoms with Crippen molar-refractivity contribution in [2.24, 2.45) is 0 Å². The van der Waals surface area contributed by atoms with E-state index < -0.39 is 0 Å². The first kappa shape index (κ1) is 9.28. The Bertz CT molecular complexity index is 365. The summed E-state index contributed by atoms with van der Waals surface area (Å²) in [5, 5.41) is 0. The second kappa shape index (κ2) is 4.29. The molecule has 0 N–H and O–H groups in total. The Morgan fingerprint density at radius 1 is 1.29 bits per heavy atom. The van der Waals surface area contributed by atoms with E-state index in [2.05, 4.69) is 12.1 Å². The maximum atomic E-state index is 5.37. The topological polar surface area (TPSA) is 22.4 Å². The van der Waals surface area contributed by atoms with E-state index in [-0.39, 0.29) is 0 Å². The number of fused-ring (bicyclic) bond motifs is 1. The highest BCUT2D eigenvalue weighted by Crippen LogP contribution is 2.28. The van der Waals surface area contributed by atoms with Gasteiger partial charge in [0.25, 0.3) is 0 Å². The molecule has 0 amide bonds. The molecule has 0 bridgehead atoms. The highest BCUT2D eigenvalue weighted by atomic mass is 16.5. The lowest BCUT2D eigenvalue weighted by molar-refractivity contribution is 0.195. The van der Waals surface area contributed by atoms with Gasteiger partial charge in [0.15, 0.2) is 0 Å². The van der Waals surface area contributed by atoms with Crippen LogP contribution in [0, 0.1) is 0 Å². The summed E-state index contributed by atoms with van der Waals surface area (Å²) in [6.45, 7) is 0.816. The largest absolute Gasteiger partial charge is 0.464 e. The molecule has 0 saturated carbocycles. The lowest BCUT2D eigenvalue weighted by Crippen LogP contribution is -1.92. The van der Waals surface area contributed by atoms with Crippen LogP contribution in [-0.2, 0) is 11.2 Å². The van der Waals surface area contributed by atoms with E-state index >= 15 is 0 Å². The third kappa shape index (κ3) is 1.80. The summed E-state index contributed by atoms with van der Waals surface area (Å²) in [5.41, 5.74) is 2.57. The highest BCUT2D eigenvalue weighted by Gasteiger charge is 2.09. The molecule has 0 saturated heterocycles. The molecule has 2 nitrogen and oxygen atoms in total. The van der Waals surface area contributed by atoms with Crippen LogP contribution in [0.4, 0.5) is 0 Å². The van der Waals surface area contributed by atoms with Gasteiger partial charge in [0.05, 0.1) is 6.26 Å². The molecule has 1 aliphatic carbocycles. The molecule has 14 heavy (non-hydrogen) atoms. The van der Waals surface area contributed by atoms with Crippen LogP contribution in [-0.4, -0.2) is 13.7 Å². The Labute approximate surface area is 83.8 Å². The minimum atomic E-state index is 0.816. The van der Waals surface area contributed by atoms with Crippen LogP contribution in [0.1, 0.15) is 12.0 Å². The minimum Gasteiger partial charge on any atom is -0.464 e. The van der Waals surface area contributed by atoms with E-state index in [1.54, 1.807) is 13.4 Å². The van der Waals surface area contributed by atoms with Gasteiger partial charge in [-0.15, -0.1) is 0 Å². The van der Waals surface area contributed by atoms with Gasteiger partial charge in [-0.05, 0) is 36.6 Å². The zero-order chi connectivity index (χ0) is 9.80. The van der Waals surface area contributed by atoms with E-state index in [1.165, 1.54) is 11.1 Å². The maximum absolute atomic E-state index is 5.37. The lowest BCUT2D eigenvalue weighted by atomic mass is 10.1. The van der Waals surface area contributed by atoms with Crippen LogP contribution in [0.2, 0.25) is 0 Å². The maximum Gasteiger partial charge on any atom is 0.134 e. The molecule has 1 aliphatic heterocycles. The SMILES string of the molecule is COCCCc1ccc2occcc1-2. The van der Waals surface area contributed by atoms with Crippen molar-refractivity contribution in [1.82, 2.24) is 0 Å². The van der Waals surface area contributed by atoms with Crippen molar-refractivity contribution in [1.29, 1.82) is 0 Å². The number of hydrogen-bond donors (Lipinski definition) is 0. The van der Waals surface area contributed by atoms with Gasteiger partial charge in [-0.3, -0.25) is 0 Å². The number of methoxy groups -OCH3 is 1. The molecule has 0 fully saturated rings. The van der Waals surface area contributed by atoms with Gasteiger partial charge in [0.1, 0.15) is 5.76 Å². The lowest BCUT2D eigenvalue weighted by Gasteiger charge is -2.02. The first-order valence-corrected chi connectivity index (χ1v) is 4.86. The second-order valence-corrected chi connectivity index (χ2v) is 3.35. The molecule has 0 atom stereocenters. The molecule has 2 heteroatoms. The summed E-state index contributed by atoms with van der Waals surface area (Å²) >= 11 is 0. The number of aryl methyl sites for hydroxylation is 1. The number of hydrogen-bond acceptors (Lipinski definition) is 2. The average Bonchev–Trinajstić information content (AvgIpc) is 2.63. The van der Waals surface area contributed by atoms with Crippen LogP contribution in [0.3, 0.4) is 0 Å². The first-order chi connectivity index (χ1) is 6.92. The van der Waals surface area contributed by atoms with Crippen molar-refractivity contribution in [2.45, 2.75) is 12.8 Å². The summed E-state index contributed by atoms with van der Waals surface area (Å²) in [6.07, 6.45) is 3.82. The molecule has 0 unspecified atom stereocenters. The van der Waals surface area contributed by atoms with Crippen molar-refractivity contribution in [3.05, 3.63) is 36.1 Å². The minimum absolute atomic E-state index is 0.816. The Morgan fingerprint density at radius 3 is 3.07 bits per heavy atom. The van der Waals surface area contributed by atoms with Gasteiger partial charge in [-0.1, -0.05) is 6.07 Å². The fourth-order valence-electron chi connectivity index (χ4n) is 1.68. The Kier molecular flexibility index (Phi) is 2.84. The molecular formula is C12H14O2. The van der Waals surface area contributed by atoms with Crippen molar-refractivity contribution in [3.8, 4) is 11.3 Å². The monoisotopic (exact) mass is 190 g/mol. The van der Waals surface area contributed by atoms with Crippen LogP contribution >= 0.6 is 0 Å². The van der Waals surface area contributed by atoms with Crippen molar-refractivity contribution >= 4 is 0 Å². The third-order valence-electron chi connectivity index (χ3n) is 2.38. The van der Waals surface area contributed by atoms with E-state index in [0.717, 1.165) is 25.2 Å². The molecule has 1 heterocycles. The third-order valence-corrected chi connectivity index (χ3v) is 2.38. The van der Waals surface area contributed by atoms with Crippen LogP contribution in [0.25, 0.3) is 11.3 Å². The number of ether oxygens (including phenoxy) is 1. The summed E-state index contributed by atoms with van der Waals surface area (Å²) in [4.78, 5) is 0. The molecule has 74 valence electrons. The molecule has 0 radical (unpaired) electrons. The van der Waals surface area contributed by atoms with Crippen molar-refractivity contribution < 1.29 is 9.15 Å². The van der Waals surface area contributed by atoms with Crippen LogP contribution < -0.4 is 0 Å².